The van der Waals surface area contributed by atoms with Crippen LogP contribution in [0.15, 0.2) is 35.8 Å². The van der Waals surface area contributed by atoms with Crippen LogP contribution in [0.3, 0.4) is 0 Å². The fraction of sp³-hybridized carbons (Fsp3) is 0.143. The van der Waals surface area contributed by atoms with Crippen LogP contribution < -0.4 is 0 Å². The Bertz CT molecular complexity index is 765. The van der Waals surface area contributed by atoms with Crippen LogP contribution in [0.4, 0.5) is 0 Å². The van der Waals surface area contributed by atoms with Crippen LogP contribution >= 0.6 is 22.9 Å². The van der Waals surface area contributed by atoms with Crippen LogP contribution in [-0.2, 0) is 11.2 Å². The average molecular weight is 307 g/mol. The van der Waals surface area contributed by atoms with Crippen LogP contribution in [0.5, 0.6) is 0 Å². The Morgan fingerprint density at radius 1 is 1.50 bits per heavy atom. The van der Waals surface area contributed by atoms with Crippen molar-refractivity contribution in [3.05, 3.63) is 57.3 Å². The lowest BCUT2D eigenvalue weighted by atomic mass is 10.2. The van der Waals surface area contributed by atoms with E-state index in [9.17, 15) is 4.79 Å². The minimum atomic E-state index is -0.385. The summed E-state index contributed by atoms with van der Waals surface area (Å²) in [4.78, 5) is 17.1. The number of aromatic nitrogens is 2. The molecular formula is C14H11ClN2O2S. The van der Waals surface area contributed by atoms with Gasteiger partial charge < -0.3 is 9.14 Å². The van der Waals surface area contributed by atoms with Crippen molar-refractivity contribution in [2.45, 2.75) is 6.42 Å². The monoisotopic (exact) mass is 306 g/mol. The molecule has 0 radical (unpaired) electrons. The van der Waals surface area contributed by atoms with Crippen molar-refractivity contribution >= 4 is 34.4 Å². The normalized spacial score (nSPS) is 10.9. The zero-order chi connectivity index (χ0) is 14.1. The highest BCUT2D eigenvalue weighted by Gasteiger charge is 2.13. The molecule has 0 bridgehead atoms. The maximum absolute atomic E-state index is 11.5. The van der Waals surface area contributed by atoms with E-state index in [1.807, 2.05) is 15.8 Å². The molecule has 0 fully saturated rings. The summed E-state index contributed by atoms with van der Waals surface area (Å²) in [5.74, 6) is 0.466. The van der Waals surface area contributed by atoms with Crippen molar-refractivity contribution in [3.8, 4) is 0 Å². The van der Waals surface area contributed by atoms with Crippen molar-refractivity contribution in [2.24, 2.45) is 0 Å². The minimum absolute atomic E-state index is 0.385. The van der Waals surface area contributed by atoms with E-state index in [-0.39, 0.29) is 5.97 Å². The number of fused-ring (bicyclic) bond motifs is 1. The van der Waals surface area contributed by atoms with Gasteiger partial charge in [-0.2, -0.15) is 0 Å². The molecule has 0 aromatic carbocycles. The van der Waals surface area contributed by atoms with Gasteiger partial charge in [0, 0.05) is 17.5 Å². The van der Waals surface area contributed by atoms with E-state index in [2.05, 4.69) is 11.1 Å². The third-order valence-electron chi connectivity index (χ3n) is 3.01. The van der Waals surface area contributed by atoms with Crippen molar-refractivity contribution < 1.29 is 9.53 Å². The molecule has 0 unspecified atom stereocenters. The molecule has 3 aromatic heterocycles. The van der Waals surface area contributed by atoms with Gasteiger partial charge in [-0.25, -0.2) is 9.78 Å². The molecule has 0 aliphatic carbocycles. The minimum Gasteiger partial charge on any atom is -0.465 e. The van der Waals surface area contributed by atoms with Gasteiger partial charge in [0.25, 0.3) is 0 Å². The number of imidazole rings is 1. The van der Waals surface area contributed by atoms with Gasteiger partial charge in [0.05, 0.1) is 18.2 Å². The first-order chi connectivity index (χ1) is 9.69. The van der Waals surface area contributed by atoms with E-state index < -0.39 is 0 Å². The van der Waals surface area contributed by atoms with Gasteiger partial charge in [-0.05, 0) is 23.6 Å². The lowest BCUT2D eigenvalue weighted by molar-refractivity contribution is 0.0600. The molecule has 3 aromatic rings. The molecule has 0 spiro atoms. The molecule has 0 atom stereocenters. The first-order valence-corrected chi connectivity index (χ1v) is 7.22. The molecule has 0 aliphatic rings. The topological polar surface area (TPSA) is 43.6 Å². The van der Waals surface area contributed by atoms with Crippen LogP contribution in [0, 0.1) is 0 Å². The summed E-state index contributed by atoms with van der Waals surface area (Å²) in [6.07, 6.45) is 2.51. The highest BCUT2D eigenvalue weighted by Crippen LogP contribution is 2.22. The largest absolute Gasteiger partial charge is 0.465 e. The van der Waals surface area contributed by atoms with Crippen molar-refractivity contribution in [1.29, 1.82) is 0 Å². The maximum Gasteiger partial charge on any atom is 0.337 e. The van der Waals surface area contributed by atoms with Crippen LogP contribution in [0.1, 0.15) is 21.1 Å². The number of rotatable bonds is 3. The average Bonchev–Trinajstić information content (AvgIpc) is 3.07. The molecule has 3 rings (SSSR count). The molecule has 3 heterocycles. The Hall–Kier alpha value is -1.85. The smallest absolute Gasteiger partial charge is 0.337 e. The van der Waals surface area contributed by atoms with Crippen LogP contribution in [-0.4, -0.2) is 22.5 Å². The Kier molecular flexibility index (Phi) is 3.46. The summed E-state index contributed by atoms with van der Waals surface area (Å²) in [6, 6.07) is 7.46. The van der Waals surface area contributed by atoms with Gasteiger partial charge in [-0.1, -0.05) is 17.7 Å². The second kappa shape index (κ2) is 5.26. The van der Waals surface area contributed by atoms with E-state index in [4.69, 9.17) is 16.3 Å². The van der Waals surface area contributed by atoms with Crippen molar-refractivity contribution in [3.63, 3.8) is 0 Å². The third-order valence-corrected chi connectivity index (χ3v) is 4.16. The molecule has 0 amide bonds. The van der Waals surface area contributed by atoms with Crippen molar-refractivity contribution in [2.75, 3.05) is 7.11 Å². The second-order valence-corrected chi connectivity index (χ2v) is 5.63. The predicted octanol–water partition coefficient (Wildman–Crippen LogP) is 3.43. The molecule has 4 nitrogen and oxygen atoms in total. The van der Waals surface area contributed by atoms with E-state index in [1.165, 1.54) is 12.0 Å². The number of methoxy groups -OCH3 is 1. The van der Waals surface area contributed by atoms with Gasteiger partial charge in [-0.15, -0.1) is 11.3 Å². The van der Waals surface area contributed by atoms with E-state index in [0.717, 1.165) is 5.82 Å². The summed E-state index contributed by atoms with van der Waals surface area (Å²) in [7, 11) is 1.35. The van der Waals surface area contributed by atoms with Gasteiger partial charge in [-0.3, -0.25) is 0 Å². The van der Waals surface area contributed by atoms with E-state index >= 15 is 0 Å². The highest BCUT2D eigenvalue weighted by molar-refractivity contribution is 7.09. The second-order valence-electron chi connectivity index (χ2n) is 4.24. The molecule has 0 saturated heterocycles. The maximum atomic E-state index is 11.5. The molecule has 6 heteroatoms. The molecule has 102 valence electrons. The summed E-state index contributed by atoms with van der Waals surface area (Å²) < 4.78 is 6.60. The zero-order valence-corrected chi connectivity index (χ0v) is 12.2. The summed E-state index contributed by atoms with van der Waals surface area (Å²) in [5, 5.41) is 2.42. The van der Waals surface area contributed by atoms with Gasteiger partial charge in [0.15, 0.2) is 5.15 Å². The Morgan fingerprint density at radius 2 is 2.35 bits per heavy atom. The van der Waals surface area contributed by atoms with Gasteiger partial charge in [0.1, 0.15) is 5.82 Å². The first-order valence-electron chi connectivity index (χ1n) is 5.96. The zero-order valence-electron chi connectivity index (χ0n) is 10.7. The number of carbonyl (C=O) groups excluding carboxylic acids is 1. The molecule has 0 saturated carbocycles. The highest BCUT2D eigenvalue weighted by atomic mass is 35.5. The van der Waals surface area contributed by atoms with Gasteiger partial charge in [0.2, 0.25) is 0 Å². The number of ether oxygens (including phenoxy) is 1. The Balaban J connectivity index is 2.05. The molecule has 0 N–H and O–H groups in total. The third kappa shape index (κ3) is 2.30. The fourth-order valence-electron chi connectivity index (χ4n) is 2.05. The number of nitrogens with zero attached hydrogens (tertiary/aromatic N) is 2. The number of hydrogen-bond acceptors (Lipinski definition) is 4. The predicted molar refractivity (Wildman–Crippen MR) is 78.7 cm³/mol. The standard InChI is InChI=1S/C14H11ClN2O2S/c1-19-14(18)9-4-5-17-11(7-9)13(15)16-12(17)8-10-3-2-6-20-10/h2-7H,8H2,1H3. The number of halogens is 1. The Morgan fingerprint density at radius 3 is 3.05 bits per heavy atom. The molecule has 0 aliphatic heterocycles. The van der Waals surface area contributed by atoms with Gasteiger partial charge >= 0.3 is 5.97 Å². The van der Waals surface area contributed by atoms with Crippen LogP contribution in [0.2, 0.25) is 5.15 Å². The number of thiophene rings is 1. The number of pyridine rings is 1. The van der Waals surface area contributed by atoms with Crippen molar-refractivity contribution in [1.82, 2.24) is 9.38 Å². The summed E-state index contributed by atoms with van der Waals surface area (Å²) in [6.45, 7) is 0. The number of carbonyl (C=O) groups is 1. The van der Waals surface area contributed by atoms with E-state index in [1.54, 1.807) is 29.7 Å². The molecular weight excluding hydrogens is 296 g/mol. The SMILES string of the molecule is COC(=O)c1ccn2c(Cc3cccs3)nc(Cl)c2c1. The lowest BCUT2D eigenvalue weighted by Gasteiger charge is -2.02. The summed E-state index contributed by atoms with van der Waals surface area (Å²) in [5.41, 5.74) is 1.17. The first kappa shape index (κ1) is 13.1. The lowest BCUT2D eigenvalue weighted by Crippen LogP contribution is -2.02. The Labute approximate surface area is 124 Å². The summed E-state index contributed by atoms with van der Waals surface area (Å²) >= 11 is 7.83. The number of hydrogen-bond donors (Lipinski definition) is 0. The fourth-order valence-corrected chi connectivity index (χ4v) is 2.99. The number of esters is 1. The quantitative estimate of drug-likeness (QED) is 0.696. The van der Waals surface area contributed by atoms with E-state index in [0.29, 0.717) is 22.7 Å². The van der Waals surface area contributed by atoms with Crippen LogP contribution in [0.25, 0.3) is 5.52 Å². The molecule has 20 heavy (non-hydrogen) atoms.